The second-order valence-corrected chi connectivity index (χ2v) is 8.63. The van der Waals surface area contributed by atoms with Crippen LogP contribution in [-0.4, -0.2) is 65.8 Å². The van der Waals surface area contributed by atoms with Crippen molar-refractivity contribution in [3.8, 4) is 28.3 Å². The van der Waals surface area contributed by atoms with E-state index >= 15 is 0 Å². The predicted molar refractivity (Wildman–Crippen MR) is 130 cm³/mol. The maximum atomic E-state index is 14.7. The van der Waals surface area contributed by atoms with Gasteiger partial charge in [0.25, 0.3) is 0 Å². The van der Waals surface area contributed by atoms with E-state index in [2.05, 4.69) is 15.0 Å². The first-order valence-corrected chi connectivity index (χ1v) is 11.5. The maximum Gasteiger partial charge on any atom is 0.407 e. The molecule has 9 nitrogen and oxygen atoms in total. The van der Waals surface area contributed by atoms with Crippen molar-refractivity contribution in [2.45, 2.75) is 18.7 Å². The molecule has 0 bridgehead atoms. The molecule has 0 spiro atoms. The van der Waals surface area contributed by atoms with Crippen molar-refractivity contribution in [2.75, 3.05) is 13.1 Å². The number of halogens is 1. The van der Waals surface area contributed by atoms with Gasteiger partial charge in [0.15, 0.2) is 6.17 Å². The number of piperidine rings is 1. The predicted octanol–water partition coefficient (Wildman–Crippen LogP) is 4.48. The van der Waals surface area contributed by atoms with E-state index in [9.17, 15) is 9.18 Å². The van der Waals surface area contributed by atoms with Crippen LogP contribution in [0.4, 0.5) is 9.18 Å². The van der Waals surface area contributed by atoms with Crippen molar-refractivity contribution >= 4 is 22.6 Å². The van der Waals surface area contributed by atoms with Crippen LogP contribution in [0.25, 0.3) is 39.1 Å². The molecule has 1 aliphatic heterocycles. The van der Waals surface area contributed by atoms with Crippen molar-refractivity contribution in [3.63, 3.8) is 0 Å². The smallest absolute Gasteiger partial charge is 0.407 e. The Morgan fingerprint density at radius 1 is 1.08 bits per heavy atom. The molecule has 0 saturated carbocycles. The standard InChI is InChI=1S/C26H21FN6O3/c27-19-14-32(26(34)35)8-7-22(19)36-23-3-1-2-16-4-5-20(31-25(16)23)21-13-30-24-10-17(6-9-33(21)24)18-11-28-15-29-12-18/h1-6,9-13,15,19,22H,7-8,14H2,(H,34,35). The van der Waals surface area contributed by atoms with Crippen LogP contribution in [-0.2, 0) is 0 Å². The minimum Gasteiger partial charge on any atom is -0.485 e. The summed E-state index contributed by atoms with van der Waals surface area (Å²) in [5.41, 5.74) is 4.71. The Labute approximate surface area is 204 Å². The number of pyridine rings is 2. The van der Waals surface area contributed by atoms with E-state index in [1.54, 1.807) is 24.7 Å². The third-order valence-corrected chi connectivity index (χ3v) is 6.38. The summed E-state index contributed by atoms with van der Waals surface area (Å²) >= 11 is 0. The topological polar surface area (TPSA) is 106 Å². The monoisotopic (exact) mass is 484 g/mol. The highest BCUT2D eigenvalue weighted by Crippen LogP contribution is 2.31. The Hall–Kier alpha value is -4.60. The number of benzene rings is 1. The fourth-order valence-electron chi connectivity index (χ4n) is 4.51. The molecule has 180 valence electrons. The molecule has 1 aliphatic rings. The largest absolute Gasteiger partial charge is 0.485 e. The zero-order valence-corrected chi connectivity index (χ0v) is 19.0. The molecule has 1 saturated heterocycles. The molecule has 1 fully saturated rings. The van der Waals surface area contributed by atoms with E-state index in [-0.39, 0.29) is 19.5 Å². The second kappa shape index (κ2) is 8.88. The third kappa shape index (κ3) is 3.96. The van der Waals surface area contributed by atoms with Gasteiger partial charge in [-0.3, -0.25) is 4.40 Å². The number of carboxylic acid groups (broad SMARTS) is 1. The zero-order chi connectivity index (χ0) is 24.6. The van der Waals surface area contributed by atoms with Crippen LogP contribution in [0.1, 0.15) is 6.42 Å². The van der Waals surface area contributed by atoms with Crippen molar-refractivity contribution in [1.29, 1.82) is 0 Å². The average Bonchev–Trinajstić information content (AvgIpc) is 3.33. The lowest BCUT2D eigenvalue weighted by Crippen LogP contribution is -2.48. The van der Waals surface area contributed by atoms with Crippen molar-refractivity contribution < 1.29 is 19.0 Å². The third-order valence-electron chi connectivity index (χ3n) is 6.38. The van der Waals surface area contributed by atoms with Crippen LogP contribution in [0.15, 0.2) is 73.6 Å². The first-order valence-electron chi connectivity index (χ1n) is 11.5. The Morgan fingerprint density at radius 3 is 2.75 bits per heavy atom. The van der Waals surface area contributed by atoms with E-state index in [4.69, 9.17) is 14.8 Å². The lowest BCUT2D eigenvalue weighted by molar-refractivity contribution is 0.0256. The maximum absolute atomic E-state index is 14.7. The number of fused-ring (bicyclic) bond motifs is 2. The Balaban J connectivity index is 1.33. The number of hydrogen-bond acceptors (Lipinski definition) is 6. The number of amides is 1. The lowest BCUT2D eigenvalue weighted by atomic mass is 10.1. The van der Waals surface area contributed by atoms with Gasteiger partial charge in [-0.2, -0.15) is 0 Å². The zero-order valence-electron chi connectivity index (χ0n) is 19.0. The Kier molecular flexibility index (Phi) is 5.40. The van der Waals surface area contributed by atoms with Gasteiger partial charge >= 0.3 is 6.09 Å². The summed E-state index contributed by atoms with van der Waals surface area (Å²) in [5.74, 6) is 0.464. The number of imidazole rings is 1. The van der Waals surface area contributed by atoms with E-state index in [0.29, 0.717) is 17.0 Å². The van der Waals surface area contributed by atoms with Crippen LogP contribution in [0, 0.1) is 0 Å². The molecule has 36 heavy (non-hydrogen) atoms. The summed E-state index contributed by atoms with van der Waals surface area (Å²) in [5, 5.41) is 9.99. The molecular weight excluding hydrogens is 463 g/mol. The van der Waals surface area contributed by atoms with Crippen LogP contribution in [0.5, 0.6) is 5.75 Å². The molecule has 5 heterocycles. The summed E-state index contributed by atoms with van der Waals surface area (Å²) in [4.78, 5) is 29.8. The molecular formula is C26H21FN6O3. The fraction of sp³-hybridized carbons (Fsp3) is 0.192. The van der Waals surface area contributed by atoms with Gasteiger partial charge in [0.1, 0.15) is 29.3 Å². The normalized spacial score (nSPS) is 18.0. The molecule has 2 atom stereocenters. The summed E-state index contributed by atoms with van der Waals surface area (Å²) in [6, 6.07) is 13.3. The van der Waals surface area contributed by atoms with Crippen LogP contribution >= 0.6 is 0 Å². The van der Waals surface area contributed by atoms with E-state index in [0.717, 1.165) is 32.8 Å². The number of aromatic nitrogens is 5. The Morgan fingerprint density at radius 2 is 1.94 bits per heavy atom. The SMILES string of the molecule is O=C(O)N1CCC(Oc2cccc3ccc(-c4cnc5cc(-c6cncnc6)ccn45)nc23)C(F)C1. The van der Waals surface area contributed by atoms with Gasteiger partial charge in [-0.05, 0) is 29.8 Å². The minimum atomic E-state index is -1.42. The van der Waals surface area contributed by atoms with Gasteiger partial charge in [-0.1, -0.05) is 18.2 Å². The molecule has 2 unspecified atom stereocenters. The number of para-hydroxylation sites is 1. The molecule has 10 heteroatoms. The van der Waals surface area contributed by atoms with Crippen LogP contribution in [0.2, 0.25) is 0 Å². The second-order valence-electron chi connectivity index (χ2n) is 8.63. The summed E-state index contributed by atoms with van der Waals surface area (Å²) in [7, 11) is 0. The molecule has 1 N–H and O–H groups in total. The van der Waals surface area contributed by atoms with Gasteiger partial charge in [-0.15, -0.1) is 0 Å². The molecule has 0 radical (unpaired) electrons. The van der Waals surface area contributed by atoms with Gasteiger partial charge in [0.05, 0.1) is 24.1 Å². The fourth-order valence-corrected chi connectivity index (χ4v) is 4.51. The number of carbonyl (C=O) groups is 1. The van der Waals surface area contributed by atoms with Gasteiger partial charge in [0.2, 0.25) is 0 Å². The van der Waals surface area contributed by atoms with Crippen LogP contribution < -0.4 is 4.74 Å². The quantitative estimate of drug-likeness (QED) is 0.401. The van der Waals surface area contributed by atoms with E-state index in [1.807, 2.05) is 47.0 Å². The van der Waals surface area contributed by atoms with Gasteiger partial charge < -0.3 is 14.7 Å². The average molecular weight is 484 g/mol. The molecule has 0 aliphatic carbocycles. The molecule has 1 amide bonds. The van der Waals surface area contributed by atoms with Gasteiger partial charge in [0, 0.05) is 42.5 Å². The van der Waals surface area contributed by atoms with Gasteiger partial charge in [-0.25, -0.2) is 29.1 Å². The molecule has 5 aromatic rings. The summed E-state index contributed by atoms with van der Waals surface area (Å²) < 4.78 is 22.7. The number of rotatable bonds is 4. The van der Waals surface area contributed by atoms with Crippen molar-refractivity contribution in [1.82, 2.24) is 29.2 Å². The van der Waals surface area contributed by atoms with Crippen molar-refractivity contribution in [2.24, 2.45) is 0 Å². The highest BCUT2D eigenvalue weighted by atomic mass is 19.1. The molecule has 4 aromatic heterocycles. The van der Waals surface area contributed by atoms with E-state index < -0.39 is 18.4 Å². The van der Waals surface area contributed by atoms with E-state index in [1.165, 1.54) is 6.33 Å². The minimum absolute atomic E-state index is 0.206. The number of likely N-dealkylation sites (tertiary alicyclic amines) is 1. The molecule has 6 rings (SSSR count). The highest BCUT2D eigenvalue weighted by Gasteiger charge is 2.33. The van der Waals surface area contributed by atoms with Crippen LogP contribution in [0.3, 0.4) is 0 Å². The summed E-state index contributed by atoms with van der Waals surface area (Å²) in [6.45, 7) is 0.0190. The lowest BCUT2D eigenvalue weighted by Gasteiger charge is -2.33. The molecule has 1 aromatic carbocycles. The first-order chi connectivity index (χ1) is 17.6. The number of hydrogen-bond donors (Lipinski definition) is 1. The highest BCUT2D eigenvalue weighted by molar-refractivity contribution is 5.86. The van der Waals surface area contributed by atoms with Crippen molar-refractivity contribution in [3.05, 3.63) is 73.6 Å². The Bertz CT molecular complexity index is 1570. The number of ether oxygens (including phenoxy) is 1. The number of nitrogens with zero attached hydrogens (tertiary/aromatic N) is 6. The number of alkyl halides is 1. The first kappa shape index (κ1) is 21.9. The summed E-state index contributed by atoms with van der Waals surface area (Å²) in [6.07, 6.45) is 5.67.